The van der Waals surface area contributed by atoms with Gasteiger partial charge in [-0.25, -0.2) is 31.6 Å². The Hall–Kier alpha value is -0.811. The van der Waals surface area contributed by atoms with Crippen molar-refractivity contribution in [3.63, 3.8) is 0 Å². The molecule has 0 rings (SSSR count). The van der Waals surface area contributed by atoms with Gasteiger partial charge in [0, 0.05) is 82.9 Å². The van der Waals surface area contributed by atoms with Gasteiger partial charge in [-0.2, -0.15) is 0 Å². The maximum absolute atomic E-state index is 9.00. The van der Waals surface area contributed by atoms with Crippen molar-refractivity contribution in [3.05, 3.63) is 0 Å². The summed E-state index contributed by atoms with van der Waals surface area (Å²) in [4.78, 5) is 9.00. The molecule has 0 bridgehead atoms. The second kappa shape index (κ2) is 940. The van der Waals surface area contributed by atoms with Crippen LogP contribution in [0.2, 0.25) is 0 Å². The maximum Gasteiger partial charge on any atom is 1.00 e. The van der Waals surface area contributed by atoms with E-state index in [1.54, 1.807) is 0 Å². The monoisotopic (exact) mass is 382 g/mol. The van der Waals surface area contributed by atoms with E-state index in [-0.39, 0.29) is 89.4 Å². The van der Waals surface area contributed by atoms with E-state index in [1.807, 2.05) is 0 Å². The van der Waals surface area contributed by atoms with Gasteiger partial charge in [0.2, 0.25) is 0 Å². The molecular formula is C8H11FeKN6O2Zn. The number of carbonyl (C=O) groups is 1. The fourth-order valence-corrected chi connectivity index (χ4v) is 0. The Morgan fingerprint density at radius 3 is 0.789 bits per heavy atom. The molecule has 0 unspecified atom stereocenters. The van der Waals surface area contributed by atoms with E-state index < -0.39 is 5.97 Å². The zero-order valence-electron chi connectivity index (χ0n) is 11.6. The molecule has 0 aromatic heterocycles. The van der Waals surface area contributed by atoms with Gasteiger partial charge in [0.05, 0.1) is 0 Å². The maximum atomic E-state index is 9.00. The normalized spacial score (nSPS) is 1.95. The first kappa shape index (κ1) is 80.1. The number of aliphatic carboxylic acids is 1. The van der Waals surface area contributed by atoms with Crippen LogP contribution < -0.4 is 51.4 Å². The summed E-state index contributed by atoms with van der Waals surface area (Å²) >= 11 is 0. The van der Waals surface area contributed by atoms with E-state index in [9.17, 15) is 0 Å². The molecule has 0 saturated heterocycles. The minimum atomic E-state index is -0.833. The Morgan fingerprint density at radius 2 is 0.789 bits per heavy atom. The van der Waals surface area contributed by atoms with E-state index in [2.05, 4.69) is 39.4 Å². The molecule has 0 atom stereocenters. The summed E-state index contributed by atoms with van der Waals surface area (Å²) in [5.74, 6) is -0.833. The Balaban J connectivity index is -0.00000000521. The minimum Gasteiger partial charge on any atom is -1.00 e. The van der Waals surface area contributed by atoms with E-state index >= 15 is 0 Å². The molecule has 0 heterocycles. The predicted molar refractivity (Wildman–Crippen MR) is 54.4 cm³/mol. The third-order valence-electron chi connectivity index (χ3n) is 0. The average Bonchev–Trinajstić information content (AvgIpc) is 2.42. The summed E-state index contributed by atoms with van der Waals surface area (Å²) in [6.07, 6.45) is 0. The van der Waals surface area contributed by atoms with Crippen LogP contribution in [0.3, 0.4) is 0 Å². The van der Waals surface area contributed by atoms with Gasteiger partial charge in [-0.05, 0) is 0 Å². The molecule has 1 N–H and O–H groups in total. The van der Waals surface area contributed by atoms with E-state index in [0.717, 1.165) is 6.92 Å². The second-order valence-corrected chi connectivity index (χ2v) is 0.519. The van der Waals surface area contributed by atoms with Crippen LogP contribution in [-0.2, 0) is 41.3 Å². The number of hydrogen-bond donors (Lipinski definition) is 1. The van der Waals surface area contributed by atoms with E-state index in [4.69, 9.17) is 41.5 Å². The van der Waals surface area contributed by atoms with Crippen LogP contribution in [0, 0.1) is 71.0 Å². The van der Waals surface area contributed by atoms with Crippen molar-refractivity contribution >= 4 is 5.97 Å². The molecule has 0 aliphatic heterocycles. The third-order valence-corrected chi connectivity index (χ3v) is 0. The molecule has 19 heavy (non-hydrogen) atoms. The van der Waals surface area contributed by atoms with Gasteiger partial charge in [-0.1, -0.05) is 0 Å². The average molecular weight is 384 g/mol. The van der Waals surface area contributed by atoms with Gasteiger partial charge in [-0.15, -0.1) is 0 Å². The standard InChI is InChI=1S/C2H4O2.6CHN.Fe.K.Zn.H/c1-2(3)4;6*1-2;;;;/h1H3,(H,3,4);6*1H;;;;/q;;;;;;;;+1;;-1. The van der Waals surface area contributed by atoms with Crippen molar-refractivity contribution in [2.24, 2.45) is 0 Å². The SMILES string of the molecule is C#N.C#N.C#N.C#N.C#N.C#N.CC(=O)O.[Fe].[H-].[K+].[Zn]. The first-order valence-electron chi connectivity index (χ1n) is 2.48. The fraction of sp³-hybridized carbons (Fsp3) is 0.125. The van der Waals surface area contributed by atoms with Gasteiger partial charge >= 0.3 is 51.4 Å². The molecule has 96 valence electrons. The summed E-state index contributed by atoms with van der Waals surface area (Å²) in [6, 6.07) is 0. The van der Waals surface area contributed by atoms with Gasteiger partial charge < -0.3 is 6.53 Å². The van der Waals surface area contributed by atoms with Gasteiger partial charge in [-0.3, -0.25) is 4.79 Å². The number of rotatable bonds is 0. The molecule has 0 amide bonds. The van der Waals surface area contributed by atoms with Gasteiger partial charge in [0.1, 0.15) is 0 Å². The molecule has 0 aliphatic carbocycles. The quantitative estimate of drug-likeness (QED) is 0.468. The second-order valence-electron chi connectivity index (χ2n) is 0.519. The summed E-state index contributed by atoms with van der Waals surface area (Å²) < 4.78 is 0. The first-order chi connectivity index (χ1) is 7.73. The van der Waals surface area contributed by atoms with Crippen LogP contribution >= 0.6 is 0 Å². The number of carboxylic acids is 1. The zero-order valence-corrected chi connectivity index (χ0v) is 17.8. The van der Waals surface area contributed by atoms with Gasteiger partial charge in [0.15, 0.2) is 0 Å². The molecule has 0 aromatic carbocycles. The molecule has 0 radical (unpaired) electrons. The number of nitriles is 6. The van der Waals surface area contributed by atoms with E-state index in [0.29, 0.717) is 0 Å². The van der Waals surface area contributed by atoms with Crippen molar-refractivity contribution in [1.29, 1.82) is 31.6 Å². The zero-order chi connectivity index (χ0) is 15.6. The van der Waals surface area contributed by atoms with Crippen LogP contribution in [0.15, 0.2) is 0 Å². The van der Waals surface area contributed by atoms with Crippen LogP contribution in [0.5, 0.6) is 0 Å². The molecule has 0 spiro atoms. The number of nitrogens with zero attached hydrogens (tertiary/aromatic N) is 6. The van der Waals surface area contributed by atoms with Crippen LogP contribution in [-0.4, -0.2) is 11.1 Å². The summed E-state index contributed by atoms with van der Waals surface area (Å²) in [5, 5.41) is 46.4. The molecule has 0 saturated carbocycles. The fourth-order valence-electron chi connectivity index (χ4n) is 0. The van der Waals surface area contributed by atoms with Crippen molar-refractivity contribution < 1.29 is 99.3 Å². The van der Waals surface area contributed by atoms with E-state index in [1.165, 1.54) is 0 Å². The predicted octanol–water partition coefficient (Wildman–Crippen LogP) is -1.96. The smallest absolute Gasteiger partial charge is 1.00 e. The van der Waals surface area contributed by atoms with Crippen molar-refractivity contribution in [2.75, 3.05) is 0 Å². The summed E-state index contributed by atoms with van der Waals surface area (Å²) in [5.41, 5.74) is 0. The van der Waals surface area contributed by atoms with Crippen LogP contribution in [0.1, 0.15) is 8.35 Å². The van der Waals surface area contributed by atoms with Crippen molar-refractivity contribution in [1.82, 2.24) is 0 Å². The minimum absolute atomic E-state index is 0. The molecule has 0 fully saturated rings. The molecule has 11 heteroatoms. The third kappa shape index (κ3) is 6030. The Labute approximate surface area is 181 Å². The molecule has 8 nitrogen and oxygen atoms in total. The number of hydrogen-bond acceptors (Lipinski definition) is 7. The van der Waals surface area contributed by atoms with Crippen LogP contribution in [0.25, 0.3) is 0 Å². The summed E-state index contributed by atoms with van der Waals surface area (Å²) in [7, 11) is 0. The largest absolute Gasteiger partial charge is 1.00 e. The Bertz CT molecular complexity index is 182. The number of carboxylic acid groups (broad SMARTS) is 1. The van der Waals surface area contributed by atoms with Gasteiger partial charge in [0.25, 0.3) is 5.97 Å². The first-order valence-corrected chi connectivity index (χ1v) is 2.48. The molecular weight excluding hydrogens is 372 g/mol. The Kier molecular flexibility index (Phi) is 3960. The summed E-state index contributed by atoms with van der Waals surface area (Å²) in [6.45, 7) is 22.1. The molecule has 0 aliphatic rings. The topological polar surface area (TPSA) is 180 Å². The molecule has 0 aromatic rings. The Morgan fingerprint density at radius 1 is 0.789 bits per heavy atom. The van der Waals surface area contributed by atoms with Crippen molar-refractivity contribution in [3.8, 4) is 39.4 Å². The van der Waals surface area contributed by atoms with Crippen LogP contribution in [0.4, 0.5) is 0 Å². The van der Waals surface area contributed by atoms with Crippen molar-refractivity contribution in [2.45, 2.75) is 6.92 Å².